The summed E-state index contributed by atoms with van der Waals surface area (Å²) in [4.78, 5) is 0. The first-order valence-corrected chi connectivity index (χ1v) is 30.1. The number of benzene rings is 4. The molecule has 0 radical (unpaired) electrons. The average molecular weight is 963 g/mol. The summed E-state index contributed by atoms with van der Waals surface area (Å²) in [5.74, 6) is 1.26. The third kappa shape index (κ3) is 9.28. The van der Waals surface area contributed by atoms with Gasteiger partial charge in [-0.25, -0.2) is 0 Å². The van der Waals surface area contributed by atoms with Gasteiger partial charge in [-0.15, -0.1) is 0 Å². The number of allylic oxidation sites excluding steroid dienone is 2. The summed E-state index contributed by atoms with van der Waals surface area (Å²) in [5, 5.41) is 0. The van der Waals surface area contributed by atoms with Crippen LogP contribution in [0.1, 0.15) is 201 Å². The van der Waals surface area contributed by atoms with Crippen LogP contribution in [-0.4, -0.2) is 0 Å². The van der Waals surface area contributed by atoms with Crippen LogP contribution >= 0.6 is 0 Å². The van der Waals surface area contributed by atoms with Gasteiger partial charge in [0.1, 0.15) is 0 Å². The number of hydrogen-bond acceptors (Lipinski definition) is 0. The molecule has 338 valence electrons. The Morgan fingerprint density at radius 3 is 1.08 bits per heavy atom. The predicted octanol–water partition coefficient (Wildman–Crippen LogP) is 12.2. The third-order valence-electron chi connectivity index (χ3n) is 15.5. The van der Waals surface area contributed by atoms with E-state index in [-0.39, 0.29) is 46.5 Å². The van der Waals surface area contributed by atoms with Gasteiger partial charge in [-0.3, -0.25) is 0 Å². The van der Waals surface area contributed by atoms with E-state index in [1.165, 1.54) is 83.0 Å². The molecule has 3 aliphatic carbocycles. The van der Waals surface area contributed by atoms with Crippen molar-refractivity contribution < 1.29 is 45.1 Å². The van der Waals surface area contributed by atoms with Crippen molar-refractivity contribution in [1.82, 2.24) is 0 Å². The molecule has 0 spiro atoms. The molecule has 1 heterocycles. The van der Waals surface area contributed by atoms with Crippen molar-refractivity contribution in [2.45, 2.75) is 185 Å². The summed E-state index contributed by atoms with van der Waals surface area (Å²) in [6.07, 6.45) is 13.8. The number of rotatable bonds is 8. The van der Waals surface area contributed by atoms with Crippen molar-refractivity contribution in [3.63, 3.8) is 0 Å². The van der Waals surface area contributed by atoms with Gasteiger partial charge in [0.15, 0.2) is 0 Å². The minimum absolute atomic E-state index is 0. The van der Waals surface area contributed by atoms with E-state index < -0.39 is 20.3 Å². The fourth-order valence-electron chi connectivity index (χ4n) is 12.4. The largest absolute Gasteiger partial charge is 1.00 e. The zero-order valence-corrected chi connectivity index (χ0v) is 46.0. The minimum atomic E-state index is -3.26. The molecule has 3 heteroatoms. The molecule has 1 saturated carbocycles. The van der Waals surface area contributed by atoms with E-state index in [1.807, 2.05) is 0 Å². The van der Waals surface area contributed by atoms with E-state index in [2.05, 4.69) is 196 Å². The van der Waals surface area contributed by atoms with E-state index in [4.69, 9.17) is 0 Å². The van der Waals surface area contributed by atoms with Gasteiger partial charge >= 0.3 is 380 Å². The van der Waals surface area contributed by atoms with Gasteiger partial charge in [0.25, 0.3) is 0 Å². The first kappa shape index (κ1) is 50.2. The zero-order chi connectivity index (χ0) is 44.2. The summed E-state index contributed by atoms with van der Waals surface area (Å²) < 4.78 is 3.20. The Morgan fingerprint density at radius 1 is 0.476 bits per heavy atom. The van der Waals surface area contributed by atoms with Gasteiger partial charge in [-0.2, -0.15) is 0 Å². The average Bonchev–Trinajstić information content (AvgIpc) is 3.43. The van der Waals surface area contributed by atoms with E-state index in [0.717, 1.165) is 7.25 Å². The Bertz CT molecular complexity index is 2160. The molecule has 1 saturated heterocycles. The van der Waals surface area contributed by atoms with Gasteiger partial charge in [0.05, 0.1) is 0 Å². The van der Waals surface area contributed by atoms with Crippen LogP contribution in [-0.2, 0) is 41.9 Å². The first-order chi connectivity index (χ1) is 28.4. The van der Waals surface area contributed by atoms with E-state index in [1.54, 1.807) is 33.4 Å². The van der Waals surface area contributed by atoms with Crippen LogP contribution in [0.15, 0.2) is 83.9 Å². The van der Waals surface area contributed by atoms with Crippen molar-refractivity contribution in [1.29, 1.82) is 0 Å². The minimum Gasteiger partial charge on any atom is -1.00 e. The molecule has 0 bridgehead atoms. The van der Waals surface area contributed by atoms with Crippen LogP contribution in [0, 0.1) is 11.8 Å². The Morgan fingerprint density at radius 2 is 0.794 bits per heavy atom. The van der Waals surface area contributed by atoms with Crippen LogP contribution in [0.5, 0.6) is 0 Å². The summed E-state index contributed by atoms with van der Waals surface area (Å²) in [7, 11) is 0. The summed E-state index contributed by atoms with van der Waals surface area (Å²) in [6, 6.07) is 30.3. The smallest absolute Gasteiger partial charge is 1.00 e. The quantitative estimate of drug-likeness (QED) is 0.165. The van der Waals surface area contributed by atoms with Crippen molar-refractivity contribution in [3.8, 4) is 22.3 Å². The van der Waals surface area contributed by atoms with E-state index >= 15 is 0 Å². The van der Waals surface area contributed by atoms with Gasteiger partial charge in [-0.1, -0.05) is 0 Å². The van der Waals surface area contributed by atoms with E-state index in [0.29, 0.717) is 19.1 Å². The van der Waals surface area contributed by atoms with Crippen LogP contribution in [0.25, 0.3) is 34.4 Å². The second-order valence-electron chi connectivity index (χ2n) is 25.2. The first-order valence-electron chi connectivity index (χ1n) is 24.4. The molecule has 4 aromatic carbocycles. The Labute approximate surface area is 402 Å². The zero-order valence-electron chi connectivity index (χ0n) is 42.0. The maximum atomic E-state index is 2.78. The molecule has 4 aliphatic rings. The maximum absolute atomic E-state index is 3.26. The van der Waals surface area contributed by atoms with Crippen LogP contribution in [0.3, 0.4) is 0 Å². The second-order valence-corrected chi connectivity index (χ2v) is 36.6. The Kier molecular flexibility index (Phi) is 14.2. The van der Waals surface area contributed by atoms with Gasteiger partial charge in [-0.05, 0) is 0 Å². The molecule has 4 aromatic rings. The Hall–Kier alpha value is -2.18. The monoisotopic (exact) mass is 960 g/mol. The number of hydrogen-bond donors (Lipinski definition) is 0. The van der Waals surface area contributed by atoms with Crippen molar-refractivity contribution in [2.24, 2.45) is 11.8 Å². The molecule has 2 fully saturated rings. The van der Waals surface area contributed by atoms with Gasteiger partial charge in [0.2, 0.25) is 0 Å². The molecular weight excluding hydrogens is 883 g/mol. The molecule has 1 aliphatic heterocycles. The third-order valence-corrected chi connectivity index (χ3v) is 32.5. The van der Waals surface area contributed by atoms with Gasteiger partial charge in [0, 0.05) is 0 Å². The second kappa shape index (κ2) is 17.8. The molecule has 0 aromatic heterocycles. The van der Waals surface area contributed by atoms with Crippen LogP contribution in [0.2, 0.25) is 7.25 Å². The molecule has 4 atom stereocenters. The Balaban J connectivity index is 0.00000330. The summed E-state index contributed by atoms with van der Waals surface area (Å²) in [6.45, 7) is 38.5. The van der Waals surface area contributed by atoms with Crippen molar-refractivity contribution >= 4 is 12.2 Å². The number of fused-ring (bicyclic) bond motifs is 3. The fourth-order valence-corrected chi connectivity index (χ4v) is 35.5. The van der Waals surface area contributed by atoms with Crippen molar-refractivity contribution in [3.05, 3.63) is 128 Å². The SMILES string of the molecule is CC(C)CC1=Cc2c(-c3cc(C(C)(C)C)cc(C(C)(C)C)c3)cccc2[CH]1[Zr+2]1([CH]2C(CC(C)C)=Cc3c(-c4cc(C(C)(C)C)cc(C(C)(C)C)c4)cccc32)[CH]2CCCC[CH]21.[Cl-].[Cl-]. The van der Waals surface area contributed by atoms with Crippen LogP contribution < -0.4 is 24.8 Å². The molecule has 0 nitrogen and oxygen atoms in total. The molecule has 8 rings (SSSR count). The van der Waals surface area contributed by atoms with E-state index in [9.17, 15) is 0 Å². The molecule has 4 unspecified atom stereocenters. The fraction of sp³-hybridized carbons (Fsp3) is 0.533. The van der Waals surface area contributed by atoms with Crippen molar-refractivity contribution in [2.75, 3.05) is 0 Å². The standard InChI is InChI=1S/2C27H35.C6H10.2ClH.Zr/c2*1-18(2)12-19-13-20-10-9-11-24(25(20)14-19)21-15-22(26(3,4)5)17-23(16-21)27(6,7)8;1-2-4-6-5-3-1;;;/h2*9-11,13-18H,12H2,1-8H3;1-2H,3-6H2;2*1H;/q;;;;;+2/p-2. The molecule has 0 amide bonds. The molecule has 63 heavy (non-hydrogen) atoms. The topological polar surface area (TPSA) is 0 Å². The summed E-state index contributed by atoms with van der Waals surface area (Å²) >= 11 is -3.26. The molecular formula is C60H80Cl2Zr. The van der Waals surface area contributed by atoms with Gasteiger partial charge < -0.3 is 24.8 Å². The molecule has 0 N–H and O–H groups in total. The summed E-state index contributed by atoms with van der Waals surface area (Å²) in [5.41, 5.74) is 22.0. The normalized spacial score (nSPS) is 22.1. The maximum Gasteiger partial charge on any atom is -1.00 e. The predicted molar refractivity (Wildman–Crippen MR) is 265 cm³/mol. The number of halogens is 2. The van der Waals surface area contributed by atoms with Crippen LogP contribution in [0.4, 0.5) is 0 Å².